The number of rotatable bonds is 7. The number of amides is 1. The number of piperidine rings is 1. The average Bonchev–Trinajstić information content (AvgIpc) is 2.73. The molecule has 30 heavy (non-hydrogen) atoms. The second-order valence-electron chi connectivity index (χ2n) is 8.43. The SMILES string of the molecule is C=CC[C@@]1(C)C[C@H](c2cccc(Cl)c2)C(c2ccc(Cl)cc2)N([C@@H](CC)CN)C1=O. The summed E-state index contributed by atoms with van der Waals surface area (Å²) in [6, 6.07) is 15.6. The van der Waals surface area contributed by atoms with E-state index in [1.165, 1.54) is 0 Å². The fraction of sp³-hybridized carbons (Fsp3) is 0.400. The second kappa shape index (κ2) is 9.55. The van der Waals surface area contributed by atoms with Crippen LogP contribution in [0.4, 0.5) is 0 Å². The predicted molar refractivity (Wildman–Crippen MR) is 126 cm³/mol. The van der Waals surface area contributed by atoms with Gasteiger partial charge >= 0.3 is 0 Å². The van der Waals surface area contributed by atoms with Gasteiger partial charge in [-0.2, -0.15) is 0 Å². The highest BCUT2D eigenvalue weighted by Gasteiger charge is 2.50. The lowest BCUT2D eigenvalue weighted by molar-refractivity contribution is -0.154. The third-order valence-electron chi connectivity index (χ3n) is 6.32. The summed E-state index contributed by atoms with van der Waals surface area (Å²) in [6.45, 7) is 8.45. The molecule has 1 unspecified atom stereocenters. The Morgan fingerprint density at radius 2 is 1.90 bits per heavy atom. The summed E-state index contributed by atoms with van der Waals surface area (Å²) in [5.41, 5.74) is 7.80. The minimum absolute atomic E-state index is 0.0516. The van der Waals surface area contributed by atoms with Crippen molar-refractivity contribution in [2.24, 2.45) is 11.1 Å². The molecule has 1 aliphatic heterocycles. The van der Waals surface area contributed by atoms with Gasteiger partial charge in [-0.15, -0.1) is 6.58 Å². The smallest absolute Gasteiger partial charge is 0.229 e. The van der Waals surface area contributed by atoms with Crippen molar-refractivity contribution in [1.29, 1.82) is 0 Å². The van der Waals surface area contributed by atoms with E-state index in [2.05, 4.69) is 19.6 Å². The van der Waals surface area contributed by atoms with Gasteiger partial charge in [0, 0.05) is 28.5 Å². The zero-order valence-electron chi connectivity index (χ0n) is 17.7. The Bertz CT molecular complexity index is 894. The highest BCUT2D eigenvalue weighted by molar-refractivity contribution is 6.30. The number of hydrogen-bond donors (Lipinski definition) is 1. The molecule has 4 atom stereocenters. The van der Waals surface area contributed by atoms with Crippen LogP contribution in [0.25, 0.3) is 0 Å². The van der Waals surface area contributed by atoms with Gasteiger partial charge in [-0.1, -0.05) is 67.4 Å². The first-order valence-corrected chi connectivity index (χ1v) is 11.2. The Balaban J connectivity index is 2.22. The Hall–Kier alpha value is -1.81. The molecule has 0 aromatic heterocycles. The van der Waals surface area contributed by atoms with E-state index >= 15 is 0 Å². The zero-order valence-corrected chi connectivity index (χ0v) is 19.2. The summed E-state index contributed by atoms with van der Waals surface area (Å²) in [5.74, 6) is 0.214. The molecule has 3 rings (SSSR count). The Kier molecular flexibility index (Phi) is 7.28. The number of likely N-dealkylation sites (tertiary alicyclic amines) is 1. The summed E-state index contributed by atoms with van der Waals surface area (Å²) in [4.78, 5) is 15.9. The van der Waals surface area contributed by atoms with Crippen LogP contribution in [0.15, 0.2) is 61.2 Å². The number of nitrogens with two attached hydrogens (primary N) is 1. The fourth-order valence-electron chi connectivity index (χ4n) is 4.77. The maximum atomic E-state index is 13.9. The zero-order chi connectivity index (χ0) is 21.9. The van der Waals surface area contributed by atoms with Gasteiger partial charge < -0.3 is 10.6 Å². The Morgan fingerprint density at radius 3 is 2.47 bits per heavy atom. The maximum absolute atomic E-state index is 13.9. The molecule has 3 nitrogen and oxygen atoms in total. The summed E-state index contributed by atoms with van der Waals surface area (Å²) in [5, 5.41) is 1.37. The van der Waals surface area contributed by atoms with Crippen molar-refractivity contribution < 1.29 is 4.79 Å². The van der Waals surface area contributed by atoms with Crippen molar-refractivity contribution in [2.45, 2.75) is 51.1 Å². The van der Waals surface area contributed by atoms with Crippen LogP contribution >= 0.6 is 23.2 Å². The van der Waals surface area contributed by atoms with E-state index in [0.29, 0.717) is 29.4 Å². The van der Waals surface area contributed by atoms with Crippen molar-refractivity contribution in [3.8, 4) is 0 Å². The number of allylic oxidation sites excluding steroid dienone is 1. The number of nitrogens with zero attached hydrogens (tertiary/aromatic N) is 1. The van der Waals surface area contributed by atoms with E-state index in [0.717, 1.165) is 17.5 Å². The van der Waals surface area contributed by atoms with Crippen LogP contribution < -0.4 is 5.73 Å². The van der Waals surface area contributed by atoms with Gasteiger partial charge in [0.15, 0.2) is 0 Å². The molecule has 1 heterocycles. The largest absolute Gasteiger partial charge is 0.330 e. The van der Waals surface area contributed by atoms with Crippen LogP contribution in [0.1, 0.15) is 56.2 Å². The van der Waals surface area contributed by atoms with E-state index in [1.807, 2.05) is 60.4 Å². The standard InChI is InChI=1S/C25H30Cl2N2O/c1-4-13-25(3)15-22(18-7-6-8-20(27)14-18)23(17-9-11-19(26)12-10-17)29(24(25)30)21(5-2)16-28/h4,6-12,14,21-23H,1,5,13,15-16,28H2,2-3H3/t21-,22+,23?,25-/m0/s1. The predicted octanol–water partition coefficient (Wildman–Crippen LogP) is 6.37. The highest BCUT2D eigenvalue weighted by Crippen LogP contribution is 2.52. The fourth-order valence-corrected chi connectivity index (χ4v) is 5.09. The molecule has 5 heteroatoms. The van der Waals surface area contributed by atoms with E-state index in [1.54, 1.807) is 0 Å². The molecule has 0 aliphatic carbocycles. The molecule has 0 bridgehead atoms. The van der Waals surface area contributed by atoms with Gasteiger partial charge in [-0.3, -0.25) is 4.79 Å². The summed E-state index contributed by atoms with van der Waals surface area (Å²) in [7, 11) is 0. The third-order valence-corrected chi connectivity index (χ3v) is 6.81. The Labute approximate surface area is 189 Å². The number of hydrogen-bond acceptors (Lipinski definition) is 2. The first-order valence-electron chi connectivity index (χ1n) is 10.5. The monoisotopic (exact) mass is 444 g/mol. The summed E-state index contributed by atoms with van der Waals surface area (Å²) < 4.78 is 0. The van der Waals surface area contributed by atoms with Gasteiger partial charge in [-0.25, -0.2) is 0 Å². The van der Waals surface area contributed by atoms with Crippen LogP contribution in [0.2, 0.25) is 10.0 Å². The molecule has 2 aromatic carbocycles. The van der Waals surface area contributed by atoms with Crippen molar-refractivity contribution in [2.75, 3.05) is 6.54 Å². The number of benzene rings is 2. The number of carbonyl (C=O) groups excluding carboxylic acids is 1. The molecule has 1 fully saturated rings. The quantitative estimate of drug-likeness (QED) is 0.504. The van der Waals surface area contributed by atoms with Crippen LogP contribution in [-0.2, 0) is 4.79 Å². The van der Waals surface area contributed by atoms with Crippen LogP contribution in [0.3, 0.4) is 0 Å². The summed E-state index contributed by atoms with van der Waals surface area (Å²) >= 11 is 12.5. The van der Waals surface area contributed by atoms with Crippen LogP contribution in [0, 0.1) is 5.41 Å². The van der Waals surface area contributed by atoms with Crippen LogP contribution in [-0.4, -0.2) is 23.4 Å². The molecular formula is C25H30Cl2N2O. The van der Waals surface area contributed by atoms with Gasteiger partial charge in [0.25, 0.3) is 0 Å². The second-order valence-corrected chi connectivity index (χ2v) is 9.30. The lowest BCUT2D eigenvalue weighted by Gasteiger charge is -2.52. The number of halogens is 2. The van der Waals surface area contributed by atoms with E-state index in [9.17, 15) is 4.79 Å². The van der Waals surface area contributed by atoms with Gasteiger partial charge in [-0.05, 0) is 54.7 Å². The minimum Gasteiger partial charge on any atom is -0.330 e. The van der Waals surface area contributed by atoms with Gasteiger partial charge in [0.05, 0.1) is 11.5 Å². The van der Waals surface area contributed by atoms with Crippen molar-refractivity contribution >= 4 is 29.1 Å². The van der Waals surface area contributed by atoms with Crippen molar-refractivity contribution in [3.63, 3.8) is 0 Å². The molecular weight excluding hydrogens is 415 g/mol. The number of carbonyl (C=O) groups is 1. The lowest BCUT2D eigenvalue weighted by atomic mass is 9.67. The van der Waals surface area contributed by atoms with Crippen LogP contribution in [0.5, 0.6) is 0 Å². The maximum Gasteiger partial charge on any atom is 0.229 e. The lowest BCUT2D eigenvalue weighted by Crippen LogP contribution is -2.57. The molecule has 0 spiro atoms. The van der Waals surface area contributed by atoms with Crippen molar-refractivity contribution in [3.05, 3.63) is 82.4 Å². The molecule has 1 amide bonds. The molecule has 160 valence electrons. The molecule has 2 N–H and O–H groups in total. The average molecular weight is 445 g/mol. The topological polar surface area (TPSA) is 46.3 Å². The first-order chi connectivity index (χ1) is 14.3. The minimum atomic E-state index is -0.541. The molecule has 2 aromatic rings. The highest BCUT2D eigenvalue weighted by atomic mass is 35.5. The van der Waals surface area contributed by atoms with Gasteiger partial charge in [0.2, 0.25) is 5.91 Å². The normalized spacial score (nSPS) is 25.2. The van der Waals surface area contributed by atoms with E-state index < -0.39 is 5.41 Å². The molecule has 1 saturated heterocycles. The van der Waals surface area contributed by atoms with Crippen molar-refractivity contribution in [1.82, 2.24) is 4.90 Å². The van der Waals surface area contributed by atoms with E-state index in [4.69, 9.17) is 28.9 Å². The summed E-state index contributed by atoms with van der Waals surface area (Å²) in [6.07, 6.45) is 3.96. The molecule has 0 saturated carbocycles. The molecule has 0 radical (unpaired) electrons. The molecule has 1 aliphatic rings. The van der Waals surface area contributed by atoms with E-state index in [-0.39, 0.29) is 23.9 Å². The van der Waals surface area contributed by atoms with Gasteiger partial charge in [0.1, 0.15) is 0 Å². The first kappa shape index (κ1) is 22.9. The Morgan fingerprint density at radius 1 is 1.20 bits per heavy atom. The third kappa shape index (κ3) is 4.44.